The summed E-state index contributed by atoms with van der Waals surface area (Å²) in [5.41, 5.74) is 0. The molecule has 0 spiro atoms. The predicted molar refractivity (Wildman–Crippen MR) is 82.5 cm³/mol. The van der Waals surface area contributed by atoms with Crippen LogP contribution in [0.1, 0.15) is 71.6 Å². The van der Waals surface area contributed by atoms with Crippen molar-refractivity contribution >= 4 is 0 Å². The molecular weight excluding hydrogens is 244 g/mol. The zero-order chi connectivity index (χ0) is 13.7. The van der Waals surface area contributed by atoms with Crippen LogP contribution in [-0.2, 0) is 4.74 Å². The molecule has 3 saturated carbocycles. The van der Waals surface area contributed by atoms with E-state index >= 15 is 0 Å². The Morgan fingerprint density at radius 1 is 0.800 bits per heavy atom. The van der Waals surface area contributed by atoms with E-state index in [-0.39, 0.29) is 0 Å². The SMILES string of the molecule is CC1CCC2C3CCCCC3C(CCC3OC3C)C2C1. The zero-order valence-corrected chi connectivity index (χ0v) is 13.4. The number of fused-ring (bicyclic) bond motifs is 3. The maximum Gasteiger partial charge on any atom is 0.0839 e. The van der Waals surface area contributed by atoms with Crippen molar-refractivity contribution in [3.8, 4) is 0 Å². The molecule has 20 heavy (non-hydrogen) atoms. The standard InChI is InChI=1S/C19H32O/c1-12-7-8-16-14-5-3-4-6-15(14)17(18(16)11-12)9-10-19-13(2)20-19/h12-19H,3-11H2,1-2H3. The molecule has 4 aliphatic rings. The van der Waals surface area contributed by atoms with E-state index in [1.807, 2.05) is 0 Å². The van der Waals surface area contributed by atoms with E-state index in [2.05, 4.69) is 13.8 Å². The molecule has 8 unspecified atom stereocenters. The van der Waals surface area contributed by atoms with Crippen LogP contribution >= 0.6 is 0 Å². The van der Waals surface area contributed by atoms with Crippen LogP contribution in [0.3, 0.4) is 0 Å². The molecule has 1 nitrogen and oxygen atoms in total. The molecule has 1 aliphatic heterocycles. The lowest BCUT2D eigenvalue weighted by molar-refractivity contribution is 0.152. The van der Waals surface area contributed by atoms with Gasteiger partial charge in [0.05, 0.1) is 12.2 Å². The highest BCUT2D eigenvalue weighted by Gasteiger charge is 2.51. The lowest BCUT2D eigenvalue weighted by Gasteiger charge is -2.35. The van der Waals surface area contributed by atoms with Crippen LogP contribution in [0.4, 0.5) is 0 Å². The Labute approximate surface area is 124 Å². The second-order valence-corrected chi connectivity index (χ2v) is 8.48. The third kappa shape index (κ3) is 2.34. The number of epoxide rings is 1. The molecular formula is C19H32O. The largest absolute Gasteiger partial charge is 0.370 e. The Morgan fingerprint density at radius 3 is 2.25 bits per heavy atom. The van der Waals surface area contributed by atoms with E-state index in [1.54, 1.807) is 25.7 Å². The number of hydrogen-bond acceptors (Lipinski definition) is 1. The topological polar surface area (TPSA) is 12.5 Å². The summed E-state index contributed by atoms with van der Waals surface area (Å²) in [6, 6.07) is 0. The average molecular weight is 276 g/mol. The highest BCUT2D eigenvalue weighted by molar-refractivity contribution is 5.01. The molecule has 0 bridgehead atoms. The van der Waals surface area contributed by atoms with E-state index in [1.165, 1.54) is 32.1 Å². The Balaban J connectivity index is 1.48. The minimum absolute atomic E-state index is 0.569. The van der Waals surface area contributed by atoms with Gasteiger partial charge in [0.2, 0.25) is 0 Å². The van der Waals surface area contributed by atoms with Crippen molar-refractivity contribution in [2.24, 2.45) is 35.5 Å². The highest BCUT2D eigenvalue weighted by Crippen LogP contribution is 2.59. The molecule has 0 amide bonds. The molecule has 1 heteroatoms. The van der Waals surface area contributed by atoms with E-state index in [9.17, 15) is 0 Å². The number of ether oxygens (including phenoxy) is 1. The molecule has 4 fully saturated rings. The smallest absolute Gasteiger partial charge is 0.0839 e. The van der Waals surface area contributed by atoms with Crippen LogP contribution in [0.5, 0.6) is 0 Å². The summed E-state index contributed by atoms with van der Waals surface area (Å²) in [5, 5.41) is 0. The first-order valence-electron chi connectivity index (χ1n) is 9.39. The normalized spacial score (nSPS) is 54.3. The quantitative estimate of drug-likeness (QED) is 0.658. The molecule has 0 N–H and O–H groups in total. The molecule has 8 atom stereocenters. The predicted octanol–water partition coefficient (Wildman–Crippen LogP) is 5.04. The van der Waals surface area contributed by atoms with Gasteiger partial charge >= 0.3 is 0 Å². The van der Waals surface area contributed by atoms with Gasteiger partial charge < -0.3 is 4.74 Å². The van der Waals surface area contributed by atoms with Crippen molar-refractivity contribution in [1.29, 1.82) is 0 Å². The Hall–Kier alpha value is -0.0400. The molecule has 114 valence electrons. The van der Waals surface area contributed by atoms with Crippen LogP contribution in [0, 0.1) is 35.5 Å². The highest BCUT2D eigenvalue weighted by atomic mass is 16.6. The van der Waals surface area contributed by atoms with Gasteiger partial charge in [-0.25, -0.2) is 0 Å². The number of hydrogen-bond donors (Lipinski definition) is 0. The van der Waals surface area contributed by atoms with Crippen LogP contribution < -0.4 is 0 Å². The molecule has 3 aliphatic carbocycles. The summed E-state index contributed by atoms with van der Waals surface area (Å²) in [6.07, 6.45) is 14.8. The first-order valence-corrected chi connectivity index (χ1v) is 9.39. The third-order valence-corrected chi connectivity index (χ3v) is 7.36. The van der Waals surface area contributed by atoms with E-state index in [0.29, 0.717) is 12.2 Å². The van der Waals surface area contributed by atoms with Crippen molar-refractivity contribution in [2.75, 3.05) is 0 Å². The summed E-state index contributed by atoms with van der Waals surface area (Å²) < 4.78 is 5.67. The van der Waals surface area contributed by atoms with Crippen molar-refractivity contribution in [2.45, 2.75) is 83.8 Å². The van der Waals surface area contributed by atoms with Gasteiger partial charge in [-0.3, -0.25) is 0 Å². The molecule has 1 saturated heterocycles. The lowest BCUT2D eigenvalue weighted by atomic mass is 9.70. The molecule has 0 aromatic rings. The van der Waals surface area contributed by atoms with Gasteiger partial charge in [-0.1, -0.05) is 26.2 Å². The fourth-order valence-electron chi connectivity index (χ4n) is 6.36. The van der Waals surface area contributed by atoms with Crippen LogP contribution in [0.2, 0.25) is 0 Å². The molecule has 0 aromatic heterocycles. The van der Waals surface area contributed by atoms with Gasteiger partial charge in [0.1, 0.15) is 0 Å². The summed E-state index contributed by atoms with van der Waals surface area (Å²) in [4.78, 5) is 0. The van der Waals surface area contributed by atoms with Crippen LogP contribution in [0.25, 0.3) is 0 Å². The van der Waals surface area contributed by atoms with Crippen LogP contribution in [-0.4, -0.2) is 12.2 Å². The van der Waals surface area contributed by atoms with E-state index in [0.717, 1.165) is 35.5 Å². The van der Waals surface area contributed by atoms with Gasteiger partial charge in [0, 0.05) is 0 Å². The monoisotopic (exact) mass is 276 g/mol. The van der Waals surface area contributed by atoms with Crippen LogP contribution in [0.15, 0.2) is 0 Å². The van der Waals surface area contributed by atoms with Crippen molar-refractivity contribution in [3.63, 3.8) is 0 Å². The van der Waals surface area contributed by atoms with Gasteiger partial charge in [0.25, 0.3) is 0 Å². The maximum absolute atomic E-state index is 5.67. The minimum Gasteiger partial charge on any atom is -0.370 e. The second-order valence-electron chi connectivity index (χ2n) is 8.48. The van der Waals surface area contributed by atoms with Crippen molar-refractivity contribution < 1.29 is 4.74 Å². The fraction of sp³-hybridized carbons (Fsp3) is 1.00. The zero-order valence-electron chi connectivity index (χ0n) is 13.4. The lowest BCUT2D eigenvalue weighted by Crippen LogP contribution is -2.26. The van der Waals surface area contributed by atoms with E-state index in [4.69, 9.17) is 4.74 Å². The Morgan fingerprint density at radius 2 is 1.50 bits per heavy atom. The molecule has 1 heterocycles. The summed E-state index contributed by atoms with van der Waals surface area (Å²) in [7, 11) is 0. The molecule has 4 rings (SSSR count). The third-order valence-electron chi connectivity index (χ3n) is 7.36. The minimum atomic E-state index is 0.569. The van der Waals surface area contributed by atoms with Gasteiger partial charge in [-0.05, 0) is 81.0 Å². The summed E-state index contributed by atoms with van der Waals surface area (Å²) in [5.74, 6) is 6.46. The van der Waals surface area contributed by atoms with Gasteiger partial charge in [-0.2, -0.15) is 0 Å². The summed E-state index contributed by atoms with van der Waals surface area (Å²) >= 11 is 0. The number of rotatable bonds is 3. The molecule has 0 radical (unpaired) electrons. The Kier molecular flexibility index (Phi) is 3.61. The summed E-state index contributed by atoms with van der Waals surface area (Å²) in [6.45, 7) is 4.75. The van der Waals surface area contributed by atoms with Gasteiger partial charge in [0.15, 0.2) is 0 Å². The molecule has 0 aromatic carbocycles. The van der Waals surface area contributed by atoms with Crippen molar-refractivity contribution in [3.05, 3.63) is 0 Å². The van der Waals surface area contributed by atoms with E-state index < -0.39 is 0 Å². The maximum atomic E-state index is 5.67. The fourth-order valence-corrected chi connectivity index (χ4v) is 6.36. The van der Waals surface area contributed by atoms with Gasteiger partial charge in [-0.15, -0.1) is 0 Å². The first-order chi connectivity index (χ1) is 9.74. The van der Waals surface area contributed by atoms with Crippen molar-refractivity contribution in [1.82, 2.24) is 0 Å². The Bertz CT molecular complexity index is 352. The first kappa shape index (κ1) is 13.6. The second kappa shape index (κ2) is 5.30. The average Bonchev–Trinajstić information content (AvgIpc) is 3.07.